The van der Waals surface area contributed by atoms with Gasteiger partial charge in [-0.2, -0.15) is 0 Å². The quantitative estimate of drug-likeness (QED) is 0.221. The minimum Gasteiger partial charge on any atom is -0.309 e. The standard InChI is InChI=1S/C39H25N3/c1-2-11-30(12-3-1)41-37-21-18-29(25-34(37)39-38(41)15-8-22-40-39)28-17-20-36-33(24-28)32-13-6-7-14-35(32)42(36)31-19-16-26-9-4-5-10-27(26)23-31/h1-25H. The number of hydrogen-bond donors (Lipinski definition) is 0. The summed E-state index contributed by atoms with van der Waals surface area (Å²) in [5.41, 5.74) is 10.4. The smallest absolute Gasteiger partial charge is 0.0963 e. The average Bonchev–Trinajstić information content (AvgIpc) is 3.57. The number of fused-ring (bicyclic) bond motifs is 7. The van der Waals surface area contributed by atoms with Crippen LogP contribution in [0.3, 0.4) is 0 Å². The molecule has 42 heavy (non-hydrogen) atoms. The van der Waals surface area contributed by atoms with Gasteiger partial charge >= 0.3 is 0 Å². The number of benzene rings is 6. The lowest BCUT2D eigenvalue weighted by Gasteiger charge is -2.10. The lowest BCUT2D eigenvalue weighted by atomic mass is 10.0. The van der Waals surface area contributed by atoms with Crippen molar-refractivity contribution in [3.8, 4) is 22.5 Å². The zero-order valence-electron chi connectivity index (χ0n) is 22.8. The van der Waals surface area contributed by atoms with Crippen LogP contribution in [0.2, 0.25) is 0 Å². The van der Waals surface area contributed by atoms with Crippen molar-refractivity contribution >= 4 is 54.5 Å². The minimum absolute atomic E-state index is 1.02. The first kappa shape index (κ1) is 23.1. The van der Waals surface area contributed by atoms with E-state index >= 15 is 0 Å². The van der Waals surface area contributed by atoms with E-state index in [1.54, 1.807) is 0 Å². The van der Waals surface area contributed by atoms with E-state index in [1.165, 1.54) is 49.4 Å². The Balaban J connectivity index is 1.26. The van der Waals surface area contributed by atoms with E-state index in [9.17, 15) is 0 Å². The lowest BCUT2D eigenvalue weighted by molar-refractivity contribution is 1.18. The van der Waals surface area contributed by atoms with E-state index in [-0.39, 0.29) is 0 Å². The first-order chi connectivity index (χ1) is 20.8. The van der Waals surface area contributed by atoms with E-state index in [4.69, 9.17) is 4.98 Å². The maximum absolute atomic E-state index is 4.82. The van der Waals surface area contributed by atoms with Crippen LogP contribution in [0.25, 0.3) is 77.0 Å². The Bertz CT molecular complexity index is 2460. The van der Waals surface area contributed by atoms with Crippen molar-refractivity contribution in [3.63, 3.8) is 0 Å². The topological polar surface area (TPSA) is 22.8 Å². The van der Waals surface area contributed by atoms with Crippen molar-refractivity contribution in [2.75, 3.05) is 0 Å². The first-order valence-electron chi connectivity index (χ1n) is 14.3. The molecule has 3 heterocycles. The first-order valence-corrected chi connectivity index (χ1v) is 14.3. The third kappa shape index (κ3) is 3.37. The molecule has 0 unspecified atom stereocenters. The highest BCUT2D eigenvalue weighted by molar-refractivity contribution is 6.12. The molecule has 0 saturated carbocycles. The van der Waals surface area contributed by atoms with Crippen molar-refractivity contribution in [1.29, 1.82) is 0 Å². The normalized spacial score (nSPS) is 11.8. The second kappa shape index (κ2) is 8.92. The molecule has 3 heteroatoms. The Morgan fingerprint density at radius 1 is 0.381 bits per heavy atom. The number of rotatable bonds is 3. The van der Waals surface area contributed by atoms with Crippen molar-refractivity contribution < 1.29 is 0 Å². The Morgan fingerprint density at radius 2 is 1.02 bits per heavy atom. The number of para-hydroxylation sites is 2. The van der Waals surface area contributed by atoms with E-state index in [2.05, 4.69) is 149 Å². The Kier molecular flexibility index (Phi) is 4.90. The number of nitrogens with zero attached hydrogens (tertiary/aromatic N) is 3. The van der Waals surface area contributed by atoms with E-state index in [0.29, 0.717) is 0 Å². The Labute approximate surface area is 242 Å². The number of hydrogen-bond acceptors (Lipinski definition) is 1. The average molecular weight is 536 g/mol. The third-order valence-electron chi connectivity index (χ3n) is 8.53. The summed E-state index contributed by atoms with van der Waals surface area (Å²) in [6.07, 6.45) is 1.89. The van der Waals surface area contributed by atoms with E-state index in [0.717, 1.165) is 27.6 Å². The molecule has 0 aliphatic heterocycles. The van der Waals surface area contributed by atoms with Gasteiger partial charge in [0.1, 0.15) is 0 Å². The van der Waals surface area contributed by atoms with Gasteiger partial charge in [-0.3, -0.25) is 4.98 Å². The molecule has 0 aliphatic rings. The van der Waals surface area contributed by atoms with Gasteiger partial charge in [0.15, 0.2) is 0 Å². The summed E-state index contributed by atoms with van der Waals surface area (Å²) in [6, 6.07) is 52.4. The molecular weight excluding hydrogens is 510 g/mol. The summed E-state index contributed by atoms with van der Waals surface area (Å²) in [5.74, 6) is 0. The fourth-order valence-electron chi connectivity index (χ4n) is 6.62. The van der Waals surface area contributed by atoms with Crippen molar-refractivity contribution in [2.24, 2.45) is 0 Å². The van der Waals surface area contributed by atoms with Gasteiger partial charge < -0.3 is 9.13 Å². The van der Waals surface area contributed by atoms with Gasteiger partial charge in [0.2, 0.25) is 0 Å². The van der Waals surface area contributed by atoms with E-state index in [1.807, 2.05) is 12.3 Å². The molecular formula is C39H25N3. The summed E-state index contributed by atoms with van der Waals surface area (Å²) in [7, 11) is 0. The van der Waals surface area contributed by atoms with Gasteiger partial charge in [-0.1, -0.05) is 78.9 Å². The molecule has 0 amide bonds. The largest absolute Gasteiger partial charge is 0.309 e. The van der Waals surface area contributed by atoms with Crippen LogP contribution in [0.4, 0.5) is 0 Å². The molecule has 196 valence electrons. The monoisotopic (exact) mass is 535 g/mol. The fraction of sp³-hybridized carbons (Fsp3) is 0. The van der Waals surface area contributed by atoms with Crippen molar-refractivity contribution in [2.45, 2.75) is 0 Å². The molecule has 3 nitrogen and oxygen atoms in total. The zero-order valence-corrected chi connectivity index (χ0v) is 22.8. The number of aromatic nitrogens is 3. The maximum atomic E-state index is 4.82. The Hall–Kier alpha value is -5.67. The summed E-state index contributed by atoms with van der Waals surface area (Å²) in [4.78, 5) is 4.82. The highest BCUT2D eigenvalue weighted by atomic mass is 15.0. The van der Waals surface area contributed by atoms with Gasteiger partial charge in [0.25, 0.3) is 0 Å². The molecule has 0 fully saturated rings. The Morgan fingerprint density at radius 3 is 1.88 bits per heavy atom. The van der Waals surface area contributed by atoms with Crippen LogP contribution >= 0.6 is 0 Å². The second-order valence-electron chi connectivity index (χ2n) is 10.9. The van der Waals surface area contributed by atoms with Crippen LogP contribution in [0, 0.1) is 0 Å². The summed E-state index contributed by atoms with van der Waals surface area (Å²) in [5, 5.41) is 6.16. The molecule has 6 aromatic carbocycles. The molecule has 3 aromatic heterocycles. The summed E-state index contributed by atoms with van der Waals surface area (Å²) in [6.45, 7) is 0. The van der Waals surface area contributed by atoms with Crippen LogP contribution in [-0.2, 0) is 0 Å². The SMILES string of the molecule is c1ccc(-n2c3ccc(-c4ccc5c(c4)c4ccccc4n5-c4ccc5ccccc5c4)cc3c3ncccc32)cc1. The predicted molar refractivity (Wildman–Crippen MR) is 176 cm³/mol. The zero-order chi connectivity index (χ0) is 27.6. The predicted octanol–water partition coefficient (Wildman–Crippen LogP) is 10.1. The maximum Gasteiger partial charge on any atom is 0.0963 e. The fourth-order valence-corrected chi connectivity index (χ4v) is 6.62. The van der Waals surface area contributed by atoms with Crippen LogP contribution in [0.15, 0.2) is 152 Å². The minimum atomic E-state index is 1.02. The lowest BCUT2D eigenvalue weighted by Crippen LogP contribution is -1.94. The van der Waals surface area contributed by atoms with Gasteiger partial charge in [-0.05, 0) is 88.6 Å². The molecule has 0 aliphatic carbocycles. The van der Waals surface area contributed by atoms with Gasteiger partial charge in [-0.15, -0.1) is 0 Å². The molecule has 0 N–H and O–H groups in total. The molecule has 0 radical (unpaired) electrons. The van der Waals surface area contributed by atoms with Gasteiger partial charge in [0, 0.05) is 33.7 Å². The molecule has 0 atom stereocenters. The van der Waals surface area contributed by atoms with Crippen LogP contribution in [0.1, 0.15) is 0 Å². The highest BCUT2D eigenvalue weighted by Crippen LogP contribution is 2.38. The highest BCUT2D eigenvalue weighted by Gasteiger charge is 2.16. The van der Waals surface area contributed by atoms with Crippen molar-refractivity contribution in [1.82, 2.24) is 14.1 Å². The summed E-state index contributed by atoms with van der Waals surface area (Å²) < 4.78 is 4.70. The van der Waals surface area contributed by atoms with Gasteiger partial charge in [0.05, 0.1) is 27.6 Å². The van der Waals surface area contributed by atoms with Crippen molar-refractivity contribution in [3.05, 3.63) is 152 Å². The van der Waals surface area contributed by atoms with E-state index < -0.39 is 0 Å². The molecule has 0 saturated heterocycles. The molecule has 9 rings (SSSR count). The molecule has 0 bridgehead atoms. The van der Waals surface area contributed by atoms with Crippen LogP contribution in [-0.4, -0.2) is 14.1 Å². The molecule has 9 aromatic rings. The molecule has 0 spiro atoms. The third-order valence-corrected chi connectivity index (χ3v) is 8.53. The van der Waals surface area contributed by atoms with Crippen LogP contribution < -0.4 is 0 Å². The van der Waals surface area contributed by atoms with Crippen LogP contribution in [0.5, 0.6) is 0 Å². The number of pyridine rings is 1. The summed E-state index contributed by atoms with van der Waals surface area (Å²) >= 11 is 0. The second-order valence-corrected chi connectivity index (χ2v) is 10.9. The van der Waals surface area contributed by atoms with Gasteiger partial charge in [-0.25, -0.2) is 0 Å².